The first kappa shape index (κ1) is 17.4. The van der Waals surface area contributed by atoms with Gasteiger partial charge in [-0.15, -0.1) is 0 Å². The van der Waals surface area contributed by atoms with Gasteiger partial charge in [-0.05, 0) is 24.1 Å². The number of esters is 1. The molecule has 0 atom stereocenters. The van der Waals surface area contributed by atoms with Crippen molar-refractivity contribution in [2.45, 2.75) is 40.2 Å². The summed E-state index contributed by atoms with van der Waals surface area (Å²) in [5.74, 6) is -0.581. The van der Waals surface area contributed by atoms with Crippen LogP contribution in [0.2, 0.25) is 0 Å². The lowest BCUT2D eigenvalue weighted by molar-refractivity contribution is -0.140. The Kier molecular flexibility index (Phi) is 5.71. The molecule has 0 N–H and O–H groups in total. The Labute approximate surface area is 139 Å². The van der Waals surface area contributed by atoms with E-state index < -0.39 is 0 Å². The highest BCUT2D eigenvalue weighted by Gasteiger charge is 2.12. The third-order valence-electron chi connectivity index (χ3n) is 3.62. The normalized spacial score (nSPS) is 12.1. The summed E-state index contributed by atoms with van der Waals surface area (Å²) < 4.78 is 7.71. The molecule has 0 bridgehead atoms. The average Bonchev–Trinajstić information content (AvgIpc) is 2.88. The van der Waals surface area contributed by atoms with Crippen molar-refractivity contribution in [1.82, 2.24) is 4.57 Å². The molecule has 5 nitrogen and oxygen atoms in total. The van der Waals surface area contributed by atoms with Gasteiger partial charge in [0, 0.05) is 12.5 Å². The summed E-state index contributed by atoms with van der Waals surface area (Å²) in [6.07, 6.45) is 1.20. The van der Waals surface area contributed by atoms with E-state index in [1.807, 2.05) is 24.5 Å². The molecule has 0 aliphatic rings. The highest BCUT2D eigenvalue weighted by Crippen LogP contribution is 2.20. The standard InChI is InChI=1S/C17H22N2O3S/c1-5-12-6-7-13-14(10-12)23-17(18-16(21)11(2)3)19(13)9-8-15(20)22-4/h6-7,10-11H,5,8-9H2,1-4H3. The molecule has 0 spiro atoms. The van der Waals surface area contributed by atoms with Gasteiger partial charge in [0.25, 0.3) is 5.91 Å². The second-order valence-electron chi connectivity index (χ2n) is 5.62. The molecule has 1 amide bonds. The predicted octanol–water partition coefficient (Wildman–Crippen LogP) is 2.91. The highest BCUT2D eigenvalue weighted by molar-refractivity contribution is 7.16. The number of rotatable bonds is 5. The Morgan fingerprint density at radius 2 is 2.09 bits per heavy atom. The number of thiazole rings is 1. The lowest BCUT2D eigenvalue weighted by Gasteiger charge is -2.05. The quantitative estimate of drug-likeness (QED) is 0.790. The monoisotopic (exact) mass is 334 g/mol. The van der Waals surface area contributed by atoms with E-state index in [0.29, 0.717) is 11.3 Å². The Morgan fingerprint density at radius 1 is 1.35 bits per heavy atom. The van der Waals surface area contributed by atoms with Gasteiger partial charge in [-0.1, -0.05) is 38.2 Å². The number of nitrogens with zero attached hydrogens (tertiary/aromatic N) is 2. The van der Waals surface area contributed by atoms with Crippen LogP contribution in [0.25, 0.3) is 10.2 Å². The Bertz CT molecular complexity index is 787. The lowest BCUT2D eigenvalue weighted by atomic mass is 10.2. The number of carbonyl (C=O) groups is 2. The van der Waals surface area contributed by atoms with E-state index in [2.05, 4.69) is 24.0 Å². The summed E-state index contributed by atoms with van der Waals surface area (Å²) in [6.45, 7) is 6.20. The Balaban J connectivity index is 2.54. The van der Waals surface area contributed by atoms with Crippen molar-refractivity contribution in [1.29, 1.82) is 0 Å². The van der Waals surface area contributed by atoms with Crippen LogP contribution in [0.3, 0.4) is 0 Å². The van der Waals surface area contributed by atoms with Crippen LogP contribution in [0.1, 0.15) is 32.8 Å². The summed E-state index contributed by atoms with van der Waals surface area (Å²) >= 11 is 1.48. The second-order valence-corrected chi connectivity index (χ2v) is 6.63. The van der Waals surface area contributed by atoms with E-state index in [9.17, 15) is 9.59 Å². The number of ether oxygens (including phenoxy) is 1. The maximum atomic E-state index is 12.0. The van der Waals surface area contributed by atoms with E-state index in [1.54, 1.807) is 0 Å². The molecule has 2 rings (SSSR count). The van der Waals surface area contributed by atoms with Crippen molar-refractivity contribution in [3.05, 3.63) is 28.6 Å². The van der Waals surface area contributed by atoms with Crippen LogP contribution in [-0.2, 0) is 27.3 Å². The molecule has 6 heteroatoms. The highest BCUT2D eigenvalue weighted by atomic mass is 32.1. The van der Waals surface area contributed by atoms with Crippen molar-refractivity contribution in [2.24, 2.45) is 10.9 Å². The number of benzene rings is 1. The molecule has 1 heterocycles. The molecule has 0 saturated heterocycles. The van der Waals surface area contributed by atoms with Gasteiger partial charge in [0.05, 0.1) is 23.7 Å². The zero-order valence-electron chi connectivity index (χ0n) is 14.0. The summed E-state index contributed by atoms with van der Waals surface area (Å²) in [5.41, 5.74) is 2.23. The molecule has 0 aliphatic carbocycles. The summed E-state index contributed by atoms with van der Waals surface area (Å²) in [6, 6.07) is 6.21. The summed E-state index contributed by atoms with van der Waals surface area (Å²) in [4.78, 5) is 28.3. The molecule has 0 saturated carbocycles. The zero-order chi connectivity index (χ0) is 17.0. The van der Waals surface area contributed by atoms with E-state index in [0.717, 1.165) is 16.6 Å². The third kappa shape index (κ3) is 4.07. The molecular formula is C17H22N2O3S. The van der Waals surface area contributed by atoms with Crippen LogP contribution in [-0.4, -0.2) is 23.6 Å². The number of amides is 1. The number of hydrogen-bond donors (Lipinski definition) is 0. The second kappa shape index (κ2) is 7.55. The number of aryl methyl sites for hydroxylation is 2. The van der Waals surface area contributed by atoms with Gasteiger partial charge < -0.3 is 9.30 Å². The molecule has 0 aliphatic heterocycles. The lowest BCUT2D eigenvalue weighted by Crippen LogP contribution is -2.20. The minimum absolute atomic E-state index is 0.152. The minimum Gasteiger partial charge on any atom is -0.469 e. The fourth-order valence-electron chi connectivity index (χ4n) is 2.17. The molecule has 0 radical (unpaired) electrons. The van der Waals surface area contributed by atoms with E-state index >= 15 is 0 Å². The number of aromatic nitrogens is 1. The average molecular weight is 334 g/mol. The van der Waals surface area contributed by atoms with Crippen molar-refractivity contribution in [3.63, 3.8) is 0 Å². The molecule has 1 aromatic carbocycles. The van der Waals surface area contributed by atoms with Gasteiger partial charge in [0.15, 0.2) is 4.80 Å². The molecule has 1 aromatic heterocycles. The third-order valence-corrected chi connectivity index (χ3v) is 4.66. The number of carbonyl (C=O) groups excluding carboxylic acids is 2. The number of fused-ring (bicyclic) bond motifs is 1. The molecule has 2 aromatic rings. The van der Waals surface area contributed by atoms with Crippen LogP contribution >= 0.6 is 11.3 Å². The maximum Gasteiger partial charge on any atom is 0.307 e. The molecule has 23 heavy (non-hydrogen) atoms. The minimum atomic E-state index is -0.275. The topological polar surface area (TPSA) is 60.7 Å². The predicted molar refractivity (Wildman–Crippen MR) is 91.2 cm³/mol. The first-order valence-electron chi connectivity index (χ1n) is 7.74. The smallest absolute Gasteiger partial charge is 0.307 e. The number of hydrogen-bond acceptors (Lipinski definition) is 4. The van der Waals surface area contributed by atoms with Gasteiger partial charge in [0.1, 0.15) is 0 Å². The first-order valence-corrected chi connectivity index (χ1v) is 8.55. The van der Waals surface area contributed by atoms with E-state index in [4.69, 9.17) is 4.74 Å². The van der Waals surface area contributed by atoms with Crippen LogP contribution in [0, 0.1) is 5.92 Å². The molecule has 0 fully saturated rings. The first-order chi connectivity index (χ1) is 11.0. The SMILES string of the molecule is CCc1ccc2c(c1)sc(=NC(=O)C(C)C)n2CCC(=O)OC. The van der Waals surface area contributed by atoms with Crippen LogP contribution in [0.5, 0.6) is 0 Å². The van der Waals surface area contributed by atoms with Crippen molar-refractivity contribution in [2.75, 3.05) is 7.11 Å². The van der Waals surface area contributed by atoms with Crippen molar-refractivity contribution < 1.29 is 14.3 Å². The largest absolute Gasteiger partial charge is 0.469 e. The van der Waals surface area contributed by atoms with Gasteiger partial charge in [-0.2, -0.15) is 4.99 Å². The molecule has 124 valence electrons. The van der Waals surface area contributed by atoms with Crippen LogP contribution < -0.4 is 4.80 Å². The van der Waals surface area contributed by atoms with Crippen LogP contribution in [0.15, 0.2) is 23.2 Å². The van der Waals surface area contributed by atoms with Gasteiger partial charge in [-0.25, -0.2) is 0 Å². The Morgan fingerprint density at radius 3 is 2.70 bits per heavy atom. The summed E-state index contributed by atoms with van der Waals surface area (Å²) in [5, 5.41) is 0. The summed E-state index contributed by atoms with van der Waals surface area (Å²) in [7, 11) is 1.37. The maximum absolute atomic E-state index is 12.0. The number of methoxy groups -OCH3 is 1. The molecular weight excluding hydrogens is 312 g/mol. The van der Waals surface area contributed by atoms with Gasteiger partial charge >= 0.3 is 5.97 Å². The fourth-order valence-corrected chi connectivity index (χ4v) is 3.29. The fraction of sp³-hybridized carbons (Fsp3) is 0.471. The van der Waals surface area contributed by atoms with E-state index in [1.165, 1.54) is 24.0 Å². The van der Waals surface area contributed by atoms with E-state index in [-0.39, 0.29) is 24.2 Å². The Hall–Kier alpha value is -1.95. The zero-order valence-corrected chi connectivity index (χ0v) is 14.8. The van der Waals surface area contributed by atoms with Gasteiger partial charge in [-0.3, -0.25) is 9.59 Å². The van der Waals surface area contributed by atoms with Gasteiger partial charge in [0.2, 0.25) is 0 Å². The molecule has 0 unspecified atom stereocenters. The van der Waals surface area contributed by atoms with Crippen molar-refractivity contribution in [3.8, 4) is 0 Å². The van der Waals surface area contributed by atoms with Crippen LogP contribution in [0.4, 0.5) is 0 Å². The van der Waals surface area contributed by atoms with Crippen molar-refractivity contribution >= 4 is 33.4 Å².